The first-order chi connectivity index (χ1) is 9.65. The van der Waals surface area contributed by atoms with E-state index in [1.807, 2.05) is 17.8 Å². The van der Waals surface area contributed by atoms with Crippen LogP contribution in [0.3, 0.4) is 0 Å². The highest BCUT2D eigenvalue weighted by molar-refractivity contribution is 7.99. The zero-order chi connectivity index (χ0) is 14.5. The van der Waals surface area contributed by atoms with Crippen molar-refractivity contribution in [3.63, 3.8) is 0 Å². The number of thioether (sulfide) groups is 1. The number of halogens is 1. The summed E-state index contributed by atoms with van der Waals surface area (Å²) in [5.74, 6) is 2.06. The van der Waals surface area contributed by atoms with Gasteiger partial charge in [0, 0.05) is 30.1 Å². The molecule has 2 rings (SSSR count). The fourth-order valence-electron chi connectivity index (χ4n) is 2.71. The monoisotopic (exact) mass is 296 g/mol. The van der Waals surface area contributed by atoms with E-state index >= 15 is 0 Å². The third kappa shape index (κ3) is 3.47. The number of nitrogens with one attached hydrogen (secondary N) is 1. The molecule has 2 atom stereocenters. The van der Waals surface area contributed by atoms with Crippen molar-refractivity contribution in [1.29, 1.82) is 0 Å². The third-order valence-electron chi connectivity index (χ3n) is 3.84. The summed E-state index contributed by atoms with van der Waals surface area (Å²) in [6.45, 7) is 8.35. The normalized spacial score (nSPS) is 21.0. The van der Waals surface area contributed by atoms with Crippen LogP contribution in [0.5, 0.6) is 0 Å². The quantitative estimate of drug-likeness (QED) is 0.889. The predicted molar refractivity (Wildman–Crippen MR) is 87.2 cm³/mol. The minimum atomic E-state index is -0.0913. The number of hydrogen-bond donors (Lipinski definition) is 1. The Labute approximate surface area is 126 Å². The first-order valence-corrected chi connectivity index (χ1v) is 8.66. The van der Waals surface area contributed by atoms with Crippen LogP contribution in [-0.4, -0.2) is 30.6 Å². The molecule has 1 aromatic rings. The molecule has 1 aliphatic heterocycles. The van der Waals surface area contributed by atoms with Crippen LogP contribution in [0.15, 0.2) is 18.2 Å². The van der Waals surface area contributed by atoms with Gasteiger partial charge < -0.3 is 10.2 Å². The maximum absolute atomic E-state index is 14.4. The third-order valence-corrected chi connectivity index (χ3v) is 5.03. The van der Waals surface area contributed by atoms with Crippen LogP contribution in [0.4, 0.5) is 10.1 Å². The molecule has 1 N–H and O–H groups in total. The van der Waals surface area contributed by atoms with Crippen molar-refractivity contribution in [1.82, 2.24) is 5.32 Å². The van der Waals surface area contributed by atoms with Gasteiger partial charge >= 0.3 is 0 Å². The zero-order valence-corrected chi connectivity index (χ0v) is 13.5. The van der Waals surface area contributed by atoms with Crippen LogP contribution in [0.2, 0.25) is 0 Å². The molecule has 4 heteroatoms. The average molecular weight is 296 g/mol. The molecular weight excluding hydrogens is 271 g/mol. The van der Waals surface area contributed by atoms with E-state index in [2.05, 4.69) is 37.1 Å². The summed E-state index contributed by atoms with van der Waals surface area (Å²) in [6.07, 6.45) is 1.09. The second-order valence-electron chi connectivity index (χ2n) is 5.47. The Kier molecular flexibility index (Phi) is 5.73. The van der Waals surface area contributed by atoms with Gasteiger partial charge in [0.15, 0.2) is 0 Å². The van der Waals surface area contributed by atoms with Crippen LogP contribution in [0, 0.1) is 5.82 Å². The maximum atomic E-state index is 14.4. The fourth-order valence-corrected chi connectivity index (χ4v) is 3.73. The number of hydrogen-bond acceptors (Lipinski definition) is 3. The van der Waals surface area contributed by atoms with Gasteiger partial charge in [0.1, 0.15) is 5.82 Å². The van der Waals surface area contributed by atoms with Crippen molar-refractivity contribution in [3.05, 3.63) is 29.6 Å². The molecule has 0 spiro atoms. The highest BCUT2D eigenvalue weighted by atomic mass is 32.2. The topological polar surface area (TPSA) is 15.3 Å². The lowest BCUT2D eigenvalue weighted by Crippen LogP contribution is -2.42. The lowest BCUT2D eigenvalue weighted by atomic mass is 10.0. The number of benzene rings is 1. The molecular formula is C16H25FN2S. The van der Waals surface area contributed by atoms with Crippen molar-refractivity contribution in [2.75, 3.05) is 29.5 Å². The largest absolute Gasteiger partial charge is 0.365 e. The Morgan fingerprint density at radius 3 is 3.00 bits per heavy atom. The summed E-state index contributed by atoms with van der Waals surface area (Å²) < 4.78 is 14.4. The van der Waals surface area contributed by atoms with Crippen molar-refractivity contribution >= 4 is 17.4 Å². The molecule has 0 bridgehead atoms. The lowest BCUT2D eigenvalue weighted by Gasteiger charge is -2.37. The molecule has 2 unspecified atom stereocenters. The van der Waals surface area contributed by atoms with Gasteiger partial charge in [-0.3, -0.25) is 0 Å². The van der Waals surface area contributed by atoms with Gasteiger partial charge in [-0.25, -0.2) is 4.39 Å². The highest BCUT2D eigenvalue weighted by Crippen LogP contribution is 2.33. The minimum Gasteiger partial charge on any atom is -0.365 e. The van der Waals surface area contributed by atoms with E-state index in [1.54, 1.807) is 6.07 Å². The molecule has 20 heavy (non-hydrogen) atoms. The molecule has 1 fully saturated rings. The Morgan fingerprint density at radius 1 is 1.50 bits per heavy atom. The molecule has 0 aromatic heterocycles. The lowest BCUT2D eigenvalue weighted by molar-refractivity contribution is 0.553. The summed E-state index contributed by atoms with van der Waals surface area (Å²) in [4.78, 5) is 2.24. The van der Waals surface area contributed by atoms with Gasteiger partial charge in [0.25, 0.3) is 0 Å². The average Bonchev–Trinajstić information content (AvgIpc) is 2.45. The summed E-state index contributed by atoms with van der Waals surface area (Å²) in [5, 5.41) is 3.47. The molecule has 0 radical (unpaired) electrons. The summed E-state index contributed by atoms with van der Waals surface area (Å²) in [6, 6.07) is 6.03. The molecule has 0 saturated carbocycles. The molecule has 112 valence electrons. The van der Waals surface area contributed by atoms with Crippen molar-refractivity contribution in [3.8, 4) is 0 Å². The SMILES string of the molecule is CCCNC(C)c1cccc(F)c1N1CCSCC1C. The number of rotatable bonds is 5. The Hall–Kier alpha value is -0.740. The highest BCUT2D eigenvalue weighted by Gasteiger charge is 2.25. The van der Waals surface area contributed by atoms with Crippen LogP contribution >= 0.6 is 11.8 Å². The molecule has 0 amide bonds. The molecule has 2 nitrogen and oxygen atoms in total. The van der Waals surface area contributed by atoms with E-state index in [-0.39, 0.29) is 11.9 Å². The smallest absolute Gasteiger partial charge is 0.146 e. The van der Waals surface area contributed by atoms with E-state index in [4.69, 9.17) is 0 Å². The minimum absolute atomic E-state index is 0.0913. The predicted octanol–water partition coefficient (Wildman–Crippen LogP) is 3.83. The van der Waals surface area contributed by atoms with E-state index in [0.29, 0.717) is 6.04 Å². The van der Waals surface area contributed by atoms with Crippen molar-refractivity contribution in [2.45, 2.75) is 39.3 Å². The Balaban J connectivity index is 2.30. The summed E-state index contributed by atoms with van der Waals surface area (Å²) in [5.41, 5.74) is 1.88. The van der Waals surface area contributed by atoms with E-state index < -0.39 is 0 Å². The van der Waals surface area contributed by atoms with Gasteiger partial charge in [-0.2, -0.15) is 11.8 Å². The van der Waals surface area contributed by atoms with Gasteiger partial charge in [0.05, 0.1) is 5.69 Å². The molecule has 1 saturated heterocycles. The summed E-state index contributed by atoms with van der Waals surface area (Å²) >= 11 is 1.96. The van der Waals surface area contributed by atoms with Gasteiger partial charge in [-0.05, 0) is 38.4 Å². The standard InChI is InChI=1S/C16H25FN2S/c1-4-8-18-13(3)14-6-5-7-15(17)16(14)19-9-10-20-11-12(19)2/h5-7,12-13,18H,4,8-11H2,1-3H3. The Morgan fingerprint density at radius 2 is 2.30 bits per heavy atom. The second-order valence-corrected chi connectivity index (χ2v) is 6.62. The summed E-state index contributed by atoms with van der Waals surface area (Å²) in [7, 11) is 0. The van der Waals surface area contributed by atoms with Crippen LogP contribution in [-0.2, 0) is 0 Å². The second kappa shape index (κ2) is 7.32. The van der Waals surface area contributed by atoms with Crippen molar-refractivity contribution in [2.24, 2.45) is 0 Å². The molecule has 1 aromatic carbocycles. The van der Waals surface area contributed by atoms with Gasteiger partial charge in [-0.15, -0.1) is 0 Å². The van der Waals surface area contributed by atoms with E-state index in [1.165, 1.54) is 0 Å². The zero-order valence-electron chi connectivity index (χ0n) is 12.7. The van der Waals surface area contributed by atoms with Crippen LogP contribution in [0.1, 0.15) is 38.8 Å². The van der Waals surface area contributed by atoms with Crippen LogP contribution in [0.25, 0.3) is 0 Å². The molecule has 1 heterocycles. The number of para-hydroxylation sites is 1. The van der Waals surface area contributed by atoms with Crippen molar-refractivity contribution < 1.29 is 4.39 Å². The first kappa shape index (κ1) is 15.6. The van der Waals surface area contributed by atoms with E-state index in [9.17, 15) is 4.39 Å². The maximum Gasteiger partial charge on any atom is 0.146 e. The first-order valence-electron chi connectivity index (χ1n) is 7.51. The molecule has 1 aliphatic rings. The van der Waals surface area contributed by atoms with E-state index in [0.717, 1.165) is 42.3 Å². The number of nitrogens with zero attached hydrogens (tertiary/aromatic N) is 1. The van der Waals surface area contributed by atoms with Crippen LogP contribution < -0.4 is 10.2 Å². The van der Waals surface area contributed by atoms with Gasteiger partial charge in [0.2, 0.25) is 0 Å². The Bertz CT molecular complexity index is 438. The molecule has 0 aliphatic carbocycles. The fraction of sp³-hybridized carbons (Fsp3) is 0.625. The van der Waals surface area contributed by atoms with Gasteiger partial charge in [-0.1, -0.05) is 19.1 Å². The number of anilines is 1.